The van der Waals surface area contributed by atoms with Crippen molar-refractivity contribution in [2.75, 3.05) is 27.2 Å². The first-order valence-electron chi connectivity index (χ1n) is 5.87. The highest BCUT2D eigenvalue weighted by molar-refractivity contribution is 5.29. The molecule has 1 rings (SSSR count). The summed E-state index contributed by atoms with van der Waals surface area (Å²) in [6, 6.07) is 7.68. The van der Waals surface area contributed by atoms with Crippen LogP contribution in [-0.4, -0.2) is 43.4 Å². The van der Waals surface area contributed by atoms with Crippen LogP contribution < -0.4 is 10.5 Å². The van der Waals surface area contributed by atoms with E-state index in [4.69, 9.17) is 10.5 Å². The predicted octanol–water partition coefficient (Wildman–Crippen LogP) is 1.01. The molecule has 0 radical (unpaired) electrons. The number of nitrogens with zero attached hydrogens (tertiary/aromatic N) is 1. The summed E-state index contributed by atoms with van der Waals surface area (Å²) in [4.78, 5) is 1.97. The summed E-state index contributed by atoms with van der Waals surface area (Å²) in [6.45, 7) is 2.85. The third kappa shape index (κ3) is 3.70. The van der Waals surface area contributed by atoms with E-state index >= 15 is 0 Å². The van der Waals surface area contributed by atoms with Gasteiger partial charge >= 0.3 is 0 Å². The lowest BCUT2D eigenvalue weighted by molar-refractivity contribution is 0.0823. The molecule has 4 heteroatoms. The van der Waals surface area contributed by atoms with Crippen LogP contribution in [0.3, 0.4) is 0 Å². The molecule has 96 valence electrons. The van der Waals surface area contributed by atoms with Crippen molar-refractivity contribution >= 4 is 0 Å². The second-order valence-corrected chi connectivity index (χ2v) is 4.21. The fourth-order valence-corrected chi connectivity index (χ4v) is 1.92. The number of hydrogen-bond acceptors (Lipinski definition) is 4. The van der Waals surface area contributed by atoms with Gasteiger partial charge < -0.3 is 20.5 Å². The largest absolute Gasteiger partial charge is 0.494 e. The first kappa shape index (κ1) is 14.0. The Kier molecular flexibility index (Phi) is 5.41. The third-order valence-electron chi connectivity index (χ3n) is 2.69. The van der Waals surface area contributed by atoms with E-state index in [0.29, 0.717) is 6.61 Å². The van der Waals surface area contributed by atoms with Crippen LogP contribution in [-0.2, 0) is 0 Å². The normalized spacial score (nSPS) is 14.7. The van der Waals surface area contributed by atoms with Gasteiger partial charge in [0.05, 0.1) is 18.8 Å². The topological polar surface area (TPSA) is 58.7 Å². The van der Waals surface area contributed by atoms with Gasteiger partial charge in [0.1, 0.15) is 5.75 Å². The number of benzene rings is 1. The smallest absolute Gasteiger partial charge is 0.119 e. The molecule has 0 bridgehead atoms. The number of ether oxygens (including phenoxy) is 1. The number of nitrogens with two attached hydrogens (primary N) is 1. The van der Waals surface area contributed by atoms with Crippen LogP contribution in [0.1, 0.15) is 18.5 Å². The molecule has 4 nitrogen and oxygen atoms in total. The molecule has 3 N–H and O–H groups in total. The summed E-state index contributed by atoms with van der Waals surface area (Å²) in [5, 5.41) is 9.92. The maximum atomic E-state index is 9.92. The molecule has 0 heterocycles. The molecule has 1 aromatic rings. The van der Waals surface area contributed by atoms with Crippen LogP contribution >= 0.6 is 0 Å². The minimum atomic E-state index is -0.567. The SMILES string of the molecule is CCOc1ccc(C(C(O)CN)N(C)C)cc1. The van der Waals surface area contributed by atoms with Crippen molar-refractivity contribution in [3.8, 4) is 5.75 Å². The van der Waals surface area contributed by atoms with Crippen LogP contribution in [0, 0.1) is 0 Å². The maximum Gasteiger partial charge on any atom is 0.119 e. The van der Waals surface area contributed by atoms with Gasteiger partial charge in [0.2, 0.25) is 0 Å². The highest BCUT2D eigenvalue weighted by Crippen LogP contribution is 2.24. The van der Waals surface area contributed by atoms with E-state index in [9.17, 15) is 5.11 Å². The Morgan fingerprint density at radius 1 is 1.29 bits per heavy atom. The lowest BCUT2D eigenvalue weighted by Crippen LogP contribution is -2.36. The van der Waals surface area contributed by atoms with E-state index in [1.807, 2.05) is 50.2 Å². The average molecular weight is 238 g/mol. The molecule has 0 aliphatic rings. The molecule has 2 atom stereocenters. The number of likely N-dealkylation sites (N-methyl/N-ethyl adjacent to an activating group) is 1. The van der Waals surface area contributed by atoms with Crippen LogP contribution in [0.25, 0.3) is 0 Å². The molecule has 0 spiro atoms. The zero-order chi connectivity index (χ0) is 12.8. The van der Waals surface area contributed by atoms with Gasteiger partial charge in [-0.2, -0.15) is 0 Å². The van der Waals surface area contributed by atoms with Gasteiger partial charge in [-0.15, -0.1) is 0 Å². The van der Waals surface area contributed by atoms with Gasteiger partial charge in [-0.3, -0.25) is 0 Å². The lowest BCUT2D eigenvalue weighted by Gasteiger charge is -2.28. The molecular formula is C13H22N2O2. The molecule has 0 saturated carbocycles. The maximum absolute atomic E-state index is 9.92. The van der Waals surface area contributed by atoms with Crippen molar-refractivity contribution in [3.05, 3.63) is 29.8 Å². The first-order valence-corrected chi connectivity index (χ1v) is 5.87. The van der Waals surface area contributed by atoms with E-state index in [-0.39, 0.29) is 12.6 Å². The van der Waals surface area contributed by atoms with E-state index in [1.165, 1.54) is 0 Å². The summed E-state index contributed by atoms with van der Waals surface area (Å²) in [5.41, 5.74) is 6.56. The third-order valence-corrected chi connectivity index (χ3v) is 2.69. The fraction of sp³-hybridized carbons (Fsp3) is 0.538. The Bertz CT molecular complexity index is 325. The molecule has 2 unspecified atom stereocenters. The lowest BCUT2D eigenvalue weighted by atomic mass is 10.0. The van der Waals surface area contributed by atoms with Crippen LogP contribution in [0.15, 0.2) is 24.3 Å². The Hall–Kier alpha value is -1.10. The van der Waals surface area contributed by atoms with Crippen LogP contribution in [0.4, 0.5) is 0 Å². The van der Waals surface area contributed by atoms with Crippen molar-refractivity contribution in [2.24, 2.45) is 5.73 Å². The number of rotatable bonds is 6. The number of aliphatic hydroxyl groups excluding tert-OH is 1. The minimum Gasteiger partial charge on any atom is -0.494 e. The van der Waals surface area contributed by atoms with Crippen molar-refractivity contribution in [3.63, 3.8) is 0 Å². The van der Waals surface area contributed by atoms with Crippen molar-refractivity contribution < 1.29 is 9.84 Å². The molecule has 1 aromatic carbocycles. The van der Waals surface area contributed by atoms with Gasteiger partial charge in [-0.05, 0) is 38.7 Å². The van der Waals surface area contributed by atoms with Gasteiger partial charge in [-0.1, -0.05) is 12.1 Å². The van der Waals surface area contributed by atoms with Crippen molar-refractivity contribution in [1.82, 2.24) is 4.90 Å². The molecule has 0 aliphatic carbocycles. The number of aliphatic hydroxyl groups is 1. The molecule has 0 aromatic heterocycles. The summed E-state index contributed by atoms with van der Waals surface area (Å²) in [7, 11) is 3.86. The van der Waals surface area contributed by atoms with Gasteiger partial charge in [0, 0.05) is 6.54 Å². The first-order chi connectivity index (χ1) is 8.10. The monoisotopic (exact) mass is 238 g/mol. The van der Waals surface area contributed by atoms with Gasteiger partial charge in [0.15, 0.2) is 0 Å². The zero-order valence-electron chi connectivity index (χ0n) is 10.8. The minimum absolute atomic E-state index is 0.0873. The Morgan fingerprint density at radius 2 is 1.88 bits per heavy atom. The second kappa shape index (κ2) is 6.59. The highest BCUT2D eigenvalue weighted by atomic mass is 16.5. The van der Waals surface area contributed by atoms with E-state index in [1.54, 1.807) is 0 Å². The molecule has 0 amide bonds. The highest BCUT2D eigenvalue weighted by Gasteiger charge is 2.21. The molecule has 0 aliphatic heterocycles. The second-order valence-electron chi connectivity index (χ2n) is 4.21. The molecule has 0 fully saturated rings. The Balaban J connectivity index is 2.87. The zero-order valence-corrected chi connectivity index (χ0v) is 10.8. The standard InChI is InChI=1S/C13H22N2O2/c1-4-17-11-7-5-10(6-8-11)13(15(2)3)12(16)9-14/h5-8,12-13,16H,4,9,14H2,1-3H3. The van der Waals surface area contributed by atoms with Gasteiger partial charge in [0.25, 0.3) is 0 Å². The van der Waals surface area contributed by atoms with E-state index in [0.717, 1.165) is 11.3 Å². The van der Waals surface area contributed by atoms with E-state index in [2.05, 4.69) is 0 Å². The predicted molar refractivity (Wildman–Crippen MR) is 69.1 cm³/mol. The fourth-order valence-electron chi connectivity index (χ4n) is 1.92. The van der Waals surface area contributed by atoms with Crippen molar-refractivity contribution in [1.29, 1.82) is 0 Å². The van der Waals surface area contributed by atoms with Crippen LogP contribution in [0.5, 0.6) is 5.75 Å². The van der Waals surface area contributed by atoms with Crippen LogP contribution in [0.2, 0.25) is 0 Å². The quantitative estimate of drug-likeness (QED) is 0.776. The van der Waals surface area contributed by atoms with E-state index < -0.39 is 6.10 Å². The average Bonchev–Trinajstić information content (AvgIpc) is 2.31. The Morgan fingerprint density at radius 3 is 2.29 bits per heavy atom. The summed E-state index contributed by atoms with van der Waals surface area (Å²) in [6.07, 6.45) is -0.567. The summed E-state index contributed by atoms with van der Waals surface area (Å²) < 4.78 is 5.39. The molecule has 17 heavy (non-hydrogen) atoms. The Labute approximate surface area is 103 Å². The summed E-state index contributed by atoms with van der Waals surface area (Å²) in [5.74, 6) is 0.844. The molecule has 0 saturated heterocycles. The van der Waals surface area contributed by atoms with Crippen molar-refractivity contribution in [2.45, 2.75) is 19.1 Å². The van der Waals surface area contributed by atoms with Gasteiger partial charge in [-0.25, -0.2) is 0 Å². The summed E-state index contributed by atoms with van der Waals surface area (Å²) >= 11 is 0. The number of hydrogen-bond donors (Lipinski definition) is 2. The molecular weight excluding hydrogens is 216 g/mol.